The zero-order valence-corrected chi connectivity index (χ0v) is 12.5. The fourth-order valence-corrected chi connectivity index (χ4v) is 5.05. The Labute approximate surface area is 120 Å². The van der Waals surface area contributed by atoms with Crippen molar-refractivity contribution in [2.75, 3.05) is 24.6 Å². The number of hydrogen-bond donors (Lipinski definition) is 1. The van der Waals surface area contributed by atoms with Crippen LogP contribution in [-0.4, -0.2) is 43.5 Å². The molecule has 1 aromatic rings. The smallest absolute Gasteiger partial charge is 0.150 e. The lowest BCUT2D eigenvalue weighted by Crippen LogP contribution is -2.58. The normalized spacial score (nSPS) is 25.1. The molecular formula is C15H22N2O2S. The van der Waals surface area contributed by atoms with E-state index >= 15 is 0 Å². The summed E-state index contributed by atoms with van der Waals surface area (Å²) in [6, 6.07) is 8.52. The largest absolute Gasteiger partial charge is 0.329 e. The van der Waals surface area contributed by atoms with Gasteiger partial charge < -0.3 is 5.73 Å². The summed E-state index contributed by atoms with van der Waals surface area (Å²) in [4.78, 5) is 2.42. The molecule has 1 aromatic carbocycles. The first-order chi connectivity index (χ1) is 9.55. The molecule has 3 rings (SSSR count). The molecule has 5 heteroatoms. The van der Waals surface area contributed by atoms with Crippen LogP contribution in [0.4, 0.5) is 0 Å². The topological polar surface area (TPSA) is 63.4 Å². The van der Waals surface area contributed by atoms with Crippen LogP contribution in [0.3, 0.4) is 0 Å². The van der Waals surface area contributed by atoms with Crippen molar-refractivity contribution >= 4 is 9.84 Å². The number of rotatable bonds is 2. The molecule has 1 fully saturated rings. The number of benzene rings is 1. The molecular weight excluding hydrogens is 272 g/mol. The van der Waals surface area contributed by atoms with Crippen LogP contribution in [0.15, 0.2) is 24.3 Å². The van der Waals surface area contributed by atoms with Gasteiger partial charge in [0.05, 0.1) is 11.5 Å². The number of nitrogens with two attached hydrogens (primary N) is 1. The summed E-state index contributed by atoms with van der Waals surface area (Å²) in [5.41, 5.74) is 8.69. The monoisotopic (exact) mass is 294 g/mol. The third-order valence-corrected chi connectivity index (χ3v) is 6.59. The standard InChI is InChI=1S/C15H22N2O2S/c16-12-15(6-9-20(18,19)10-7-15)17-8-5-13-3-1-2-4-14(13)11-17/h1-4H,5-12,16H2. The second kappa shape index (κ2) is 5.13. The summed E-state index contributed by atoms with van der Waals surface area (Å²) in [6.45, 7) is 2.42. The Balaban J connectivity index is 1.82. The molecule has 2 aliphatic heterocycles. The van der Waals surface area contributed by atoms with Crippen LogP contribution in [0.1, 0.15) is 24.0 Å². The van der Waals surface area contributed by atoms with E-state index in [1.807, 2.05) is 0 Å². The minimum atomic E-state index is -2.85. The van der Waals surface area contributed by atoms with Crippen molar-refractivity contribution in [1.82, 2.24) is 4.90 Å². The molecule has 0 amide bonds. The molecule has 2 aliphatic rings. The van der Waals surface area contributed by atoms with Gasteiger partial charge >= 0.3 is 0 Å². The maximum absolute atomic E-state index is 11.7. The van der Waals surface area contributed by atoms with Crippen LogP contribution in [0.25, 0.3) is 0 Å². The molecule has 0 atom stereocenters. The summed E-state index contributed by atoms with van der Waals surface area (Å²) in [5.74, 6) is 0.560. The highest BCUT2D eigenvalue weighted by Crippen LogP contribution is 2.33. The summed E-state index contributed by atoms with van der Waals surface area (Å²) >= 11 is 0. The third-order valence-electron chi connectivity index (χ3n) is 4.94. The average molecular weight is 294 g/mol. The average Bonchev–Trinajstić information content (AvgIpc) is 2.47. The van der Waals surface area contributed by atoms with Gasteiger partial charge in [0, 0.05) is 25.2 Å². The van der Waals surface area contributed by atoms with Gasteiger partial charge in [-0.25, -0.2) is 8.42 Å². The molecule has 1 saturated heterocycles. The molecule has 0 aliphatic carbocycles. The van der Waals surface area contributed by atoms with Crippen LogP contribution >= 0.6 is 0 Å². The Morgan fingerprint density at radius 2 is 1.80 bits per heavy atom. The molecule has 20 heavy (non-hydrogen) atoms. The second-order valence-electron chi connectivity index (χ2n) is 6.02. The molecule has 110 valence electrons. The van der Waals surface area contributed by atoms with E-state index in [0.29, 0.717) is 19.4 Å². The van der Waals surface area contributed by atoms with Crippen molar-refractivity contribution in [2.24, 2.45) is 5.73 Å². The van der Waals surface area contributed by atoms with E-state index in [4.69, 9.17) is 5.73 Å². The Morgan fingerprint density at radius 1 is 1.15 bits per heavy atom. The number of sulfone groups is 1. The van der Waals surface area contributed by atoms with E-state index in [0.717, 1.165) is 19.5 Å². The van der Waals surface area contributed by atoms with Crippen molar-refractivity contribution in [3.8, 4) is 0 Å². The van der Waals surface area contributed by atoms with E-state index in [9.17, 15) is 8.42 Å². The van der Waals surface area contributed by atoms with E-state index in [2.05, 4.69) is 29.2 Å². The molecule has 4 nitrogen and oxygen atoms in total. The van der Waals surface area contributed by atoms with E-state index < -0.39 is 9.84 Å². The molecule has 0 spiro atoms. The molecule has 0 radical (unpaired) electrons. The van der Waals surface area contributed by atoms with Crippen molar-refractivity contribution in [1.29, 1.82) is 0 Å². The SMILES string of the molecule is NCC1(N2CCc3ccccc3C2)CCS(=O)(=O)CC1. The van der Waals surface area contributed by atoms with Gasteiger partial charge in [0.15, 0.2) is 0 Å². The van der Waals surface area contributed by atoms with Gasteiger partial charge in [-0.15, -0.1) is 0 Å². The van der Waals surface area contributed by atoms with Crippen LogP contribution in [0.5, 0.6) is 0 Å². The molecule has 2 N–H and O–H groups in total. The Hall–Kier alpha value is -0.910. The molecule has 0 unspecified atom stereocenters. The molecule has 0 bridgehead atoms. The van der Waals surface area contributed by atoms with Crippen LogP contribution in [0, 0.1) is 0 Å². The van der Waals surface area contributed by atoms with E-state index in [-0.39, 0.29) is 17.0 Å². The maximum Gasteiger partial charge on any atom is 0.150 e. The van der Waals surface area contributed by atoms with Gasteiger partial charge in [-0.3, -0.25) is 4.90 Å². The van der Waals surface area contributed by atoms with Crippen molar-refractivity contribution in [3.05, 3.63) is 35.4 Å². The predicted molar refractivity (Wildman–Crippen MR) is 80.2 cm³/mol. The fourth-order valence-electron chi connectivity index (χ4n) is 3.47. The van der Waals surface area contributed by atoms with Crippen LogP contribution < -0.4 is 5.73 Å². The first-order valence-corrected chi connectivity index (χ1v) is 9.09. The zero-order valence-electron chi connectivity index (χ0n) is 11.7. The van der Waals surface area contributed by atoms with Gasteiger partial charge in [0.2, 0.25) is 0 Å². The van der Waals surface area contributed by atoms with Crippen LogP contribution in [-0.2, 0) is 22.8 Å². The molecule has 2 heterocycles. The summed E-state index contributed by atoms with van der Waals surface area (Å²) < 4.78 is 23.4. The summed E-state index contributed by atoms with van der Waals surface area (Å²) in [5, 5.41) is 0. The van der Waals surface area contributed by atoms with Gasteiger partial charge in [0.1, 0.15) is 9.84 Å². The van der Waals surface area contributed by atoms with Crippen molar-refractivity contribution in [3.63, 3.8) is 0 Å². The Kier molecular flexibility index (Phi) is 3.60. The van der Waals surface area contributed by atoms with Gasteiger partial charge in [0.25, 0.3) is 0 Å². The highest BCUT2D eigenvalue weighted by Gasteiger charge is 2.41. The molecule has 0 saturated carbocycles. The quantitative estimate of drug-likeness (QED) is 0.882. The lowest BCUT2D eigenvalue weighted by Gasteiger charge is -2.47. The fraction of sp³-hybridized carbons (Fsp3) is 0.600. The molecule has 0 aromatic heterocycles. The van der Waals surface area contributed by atoms with Gasteiger partial charge in [-0.1, -0.05) is 24.3 Å². The maximum atomic E-state index is 11.7. The van der Waals surface area contributed by atoms with Crippen molar-refractivity contribution in [2.45, 2.75) is 31.3 Å². The first kappa shape index (κ1) is 14.0. The van der Waals surface area contributed by atoms with Crippen molar-refractivity contribution < 1.29 is 8.42 Å². The number of hydrogen-bond acceptors (Lipinski definition) is 4. The Morgan fingerprint density at radius 3 is 2.45 bits per heavy atom. The minimum absolute atomic E-state index is 0.126. The summed E-state index contributed by atoms with van der Waals surface area (Å²) in [7, 11) is -2.85. The number of fused-ring (bicyclic) bond motifs is 1. The summed E-state index contributed by atoms with van der Waals surface area (Å²) in [6.07, 6.45) is 2.38. The number of nitrogens with zero attached hydrogens (tertiary/aromatic N) is 1. The van der Waals surface area contributed by atoms with E-state index in [1.165, 1.54) is 11.1 Å². The zero-order chi connectivity index (χ0) is 14.2. The predicted octanol–water partition coefficient (Wildman–Crippen LogP) is 0.951. The van der Waals surface area contributed by atoms with Gasteiger partial charge in [-0.2, -0.15) is 0 Å². The Bertz CT molecular complexity index is 584. The minimum Gasteiger partial charge on any atom is -0.329 e. The van der Waals surface area contributed by atoms with E-state index in [1.54, 1.807) is 0 Å². The highest BCUT2D eigenvalue weighted by molar-refractivity contribution is 7.91. The van der Waals surface area contributed by atoms with Gasteiger partial charge in [-0.05, 0) is 30.4 Å². The first-order valence-electron chi connectivity index (χ1n) is 7.27. The third kappa shape index (κ3) is 2.50. The lowest BCUT2D eigenvalue weighted by atomic mass is 9.86. The lowest BCUT2D eigenvalue weighted by molar-refractivity contribution is 0.0692. The second-order valence-corrected chi connectivity index (χ2v) is 8.32. The highest BCUT2D eigenvalue weighted by atomic mass is 32.2. The van der Waals surface area contributed by atoms with Crippen LogP contribution in [0.2, 0.25) is 0 Å².